The average molecular weight is 362 g/mol. The molecule has 0 aliphatic carbocycles. The largest absolute Gasteiger partial charge is 0.481 e. The van der Waals surface area contributed by atoms with Crippen molar-refractivity contribution in [2.24, 2.45) is 5.92 Å². The smallest absolute Gasteiger partial charge is 0.306 e. The van der Waals surface area contributed by atoms with Gasteiger partial charge in [-0.25, -0.2) is 4.98 Å². The van der Waals surface area contributed by atoms with Crippen LogP contribution < -0.4 is 4.90 Å². The number of piperidine rings is 1. The van der Waals surface area contributed by atoms with E-state index in [1.807, 2.05) is 42.5 Å². The van der Waals surface area contributed by atoms with E-state index >= 15 is 0 Å². The van der Waals surface area contributed by atoms with Crippen LogP contribution in [0.5, 0.6) is 0 Å². The molecule has 0 saturated carbocycles. The summed E-state index contributed by atoms with van der Waals surface area (Å²) in [6.45, 7) is 1.48. The van der Waals surface area contributed by atoms with E-state index < -0.39 is 5.97 Å². The zero-order chi connectivity index (χ0) is 18.8. The van der Waals surface area contributed by atoms with Crippen LogP contribution >= 0.6 is 0 Å². The number of carboxylic acids is 1. The number of fused-ring (bicyclic) bond motifs is 1. The number of benzene rings is 2. The second-order valence-electron chi connectivity index (χ2n) is 7.03. The zero-order valence-electron chi connectivity index (χ0n) is 15.0. The third-order valence-electron chi connectivity index (χ3n) is 5.29. The third kappa shape index (κ3) is 3.64. The molecule has 138 valence electrons. The van der Waals surface area contributed by atoms with Gasteiger partial charge in [-0.3, -0.25) is 4.79 Å². The Bertz CT molecular complexity index is 978. The lowest BCUT2D eigenvalue weighted by Crippen LogP contribution is -2.36. The molecule has 0 atom stereocenters. The Morgan fingerprint density at radius 3 is 2.56 bits per heavy atom. The maximum atomic E-state index is 11.1. The minimum atomic E-state index is -0.695. The van der Waals surface area contributed by atoms with E-state index in [2.05, 4.69) is 17.0 Å². The minimum Gasteiger partial charge on any atom is -0.481 e. The molecule has 0 spiro atoms. The maximum absolute atomic E-state index is 11.1. The number of aliphatic carboxylic acids is 1. The second-order valence-corrected chi connectivity index (χ2v) is 7.03. The van der Waals surface area contributed by atoms with Gasteiger partial charge in [0.05, 0.1) is 18.0 Å². The molecule has 1 aliphatic rings. The second kappa shape index (κ2) is 7.37. The molecule has 4 rings (SSSR count). The molecule has 1 fully saturated rings. The topological polar surface area (TPSA) is 73.7 Å². The Balaban J connectivity index is 1.58. The number of rotatable bonds is 4. The van der Waals surface area contributed by atoms with Crippen LogP contribution in [0, 0.1) is 5.92 Å². The van der Waals surface area contributed by atoms with Crippen LogP contribution in [0.2, 0.25) is 0 Å². The summed E-state index contributed by atoms with van der Waals surface area (Å²) in [6.07, 6.45) is 1.32. The summed E-state index contributed by atoms with van der Waals surface area (Å²) in [7, 11) is 0. The maximum Gasteiger partial charge on any atom is 0.306 e. The molecule has 0 amide bonds. The highest BCUT2D eigenvalue weighted by atomic mass is 16.4. The highest BCUT2D eigenvalue weighted by Crippen LogP contribution is 2.28. The quantitative estimate of drug-likeness (QED) is 0.740. The molecule has 1 aliphatic heterocycles. The van der Waals surface area contributed by atoms with Gasteiger partial charge in [-0.2, -0.15) is 0 Å². The highest BCUT2D eigenvalue weighted by molar-refractivity contribution is 5.85. The summed E-state index contributed by atoms with van der Waals surface area (Å²) < 4.78 is 0. The SMILES string of the molecule is O=C(O)C1CCN(c2ccc3cc(-c4cccc(CO)c4)ccc3n2)CC1. The van der Waals surface area contributed by atoms with Crippen LogP contribution in [-0.4, -0.2) is 34.3 Å². The van der Waals surface area contributed by atoms with Crippen molar-refractivity contribution in [2.75, 3.05) is 18.0 Å². The normalized spacial score (nSPS) is 15.2. The van der Waals surface area contributed by atoms with E-state index in [4.69, 9.17) is 10.1 Å². The van der Waals surface area contributed by atoms with Gasteiger partial charge >= 0.3 is 5.97 Å². The number of hydrogen-bond acceptors (Lipinski definition) is 4. The molecule has 5 heteroatoms. The predicted molar refractivity (Wildman–Crippen MR) is 106 cm³/mol. The first-order chi connectivity index (χ1) is 13.1. The summed E-state index contributed by atoms with van der Waals surface area (Å²) in [5.41, 5.74) is 3.98. The number of carboxylic acid groups (broad SMARTS) is 1. The highest BCUT2D eigenvalue weighted by Gasteiger charge is 2.25. The molecule has 0 radical (unpaired) electrons. The van der Waals surface area contributed by atoms with Crippen LogP contribution in [0.4, 0.5) is 5.82 Å². The van der Waals surface area contributed by atoms with Gasteiger partial charge in [0.2, 0.25) is 0 Å². The Hall–Kier alpha value is -2.92. The number of aliphatic hydroxyl groups is 1. The summed E-state index contributed by atoms with van der Waals surface area (Å²) in [5.74, 6) is -0.0285. The number of nitrogens with zero attached hydrogens (tertiary/aromatic N) is 2. The monoisotopic (exact) mass is 362 g/mol. The molecular weight excluding hydrogens is 340 g/mol. The standard InChI is InChI=1S/C22H22N2O3/c25-14-15-2-1-3-17(12-15)18-4-6-20-19(13-18)5-7-21(23-20)24-10-8-16(9-11-24)22(26)27/h1-7,12-13,16,25H,8-11,14H2,(H,26,27). The number of aromatic nitrogens is 1. The average Bonchev–Trinajstić information content (AvgIpc) is 2.73. The number of pyridine rings is 1. The van der Waals surface area contributed by atoms with Crippen molar-refractivity contribution in [1.29, 1.82) is 0 Å². The fourth-order valence-corrected chi connectivity index (χ4v) is 3.68. The molecule has 2 heterocycles. The molecular formula is C22H22N2O3. The molecule has 2 aromatic carbocycles. The molecule has 27 heavy (non-hydrogen) atoms. The number of carbonyl (C=O) groups is 1. The molecule has 1 saturated heterocycles. The van der Waals surface area contributed by atoms with Gasteiger partial charge < -0.3 is 15.1 Å². The number of anilines is 1. The van der Waals surface area contributed by atoms with Crippen LogP contribution in [0.25, 0.3) is 22.0 Å². The van der Waals surface area contributed by atoms with Crippen LogP contribution in [-0.2, 0) is 11.4 Å². The van der Waals surface area contributed by atoms with Crippen molar-refractivity contribution in [3.8, 4) is 11.1 Å². The third-order valence-corrected chi connectivity index (χ3v) is 5.29. The molecule has 3 aromatic rings. The first-order valence-electron chi connectivity index (χ1n) is 9.23. The van der Waals surface area contributed by atoms with Gasteiger partial charge in [-0.1, -0.05) is 24.3 Å². The van der Waals surface area contributed by atoms with Gasteiger partial charge in [-0.05, 0) is 59.9 Å². The van der Waals surface area contributed by atoms with Crippen molar-refractivity contribution >= 4 is 22.7 Å². The first kappa shape index (κ1) is 17.5. The Morgan fingerprint density at radius 2 is 1.81 bits per heavy atom. The summed E-state index contributed by atoms with van der Waals surface area (Å²) in [5, 5.41) is 19.5. The first-order valence-corrected chi connectivity index (χ1v) is 9.23. The number of aliphatic hydroxyl groups excluding tert-OH is 1. The molecule has 0 bridgehead atoms. The van der Waals surface area contributed by atoms with Gasteiger partial charge in [-0.15, -0.1) is 0 Å². The van der Waals surface area contributed by atoms with E-state index in [-0.39, 0.29) is 12.5 Å². The van der Waals surface area contributed by atoms with Crippen LogP contribution in [0.15, 0.2) is 54.6 Å². The summed E-state index contributed by atoms with van der Waals surface area (Å²) in [6, 6.07) is 18.1. The van der Waals surface area contributed by atoms with Gasteiger partial charge in [0.1, 0.15) is 5.82 Å². The van der Waals surface area contributed by atoms with Gasteiger partial charge in [0.25, 0.3) is 0 Å². The Labute approximate surface area is 157 Å². The van der Waals surface area contributed by atoms with Crippen molar-refractivity contribution in [1.82, 2.24) is 4.98 Å². The van der Waals surface area contributed by atoms with Crippen LogP contribution in [0.3, 0.4) is 0 Å². The predicted octanol–water partition coefficient (Wildman–Crippen LogP) is 3.70. The lowest BCUT2D eigenvalue weighted by molar-refractivity contribution is -0.142. The van der Waals surface area contributed by atoms with E-state index in [0.29, 0.717) is 12.8 Å². The fraction of sp³-hybridized carbons (Fsp3) is 0.273. The van der Waals surface area contributed by atoms with Crippen molar-refractivity contribution in [3.63, 3.8) is 0 Å². The van der Waals surface area contributed by atoms with E-state index in [9.17, 15) is 9.90 Å². The lowest BCUT2D eigenvalue weighted by atomic mass is 9.97. The fourth-order valence-electron chi connectivity index (χ4n) is 3.68. The molecule has 2 N–H and O–H groups in total. The molecule has 5 nitrogen and oxygen atoms in total. The summed E-state index contributed by atoms with van der Waals surface area (Å²) in [4.78, 5) is 18.1. The molecule has 0 unspecified atom stereocenters. The zero-order valence-corrected chi connectivity index (χ0v) is 15.0. The van der Waals surface area contributed by atoms with E-state index in [1.54, 1.807) is 0 Å². The van der Waals surface area contributed by atoms with Gasteiger partial charge in [0.15, 0.2) is 0 Å². The van der Waals surface area contributed by atoms with E-state index in [0.717, 1.165) is 46.5 Å². The van der Waals surface area contributed by atoms with Crippen molar-refractivity contribution < 1.29 is 15.0 Å². The van der Waals surface area contributed by atoms with Crippen molar-refractivity contribution in [3.05, 3.63) is 60.2 Å². The summed E-state index contributed by atoms with van der Waals surface area (Å²) >= 11 is 0. The lowest BCUT2D eigenvalue weighted by Gasteiger charge is -2.31. The Morgan fingerprint density at radius 1 is 1.04 bits per heavy atom. The Kier molecular flexibility index (Phi) is 4.77. The molecule has 1 aromatic heterocycles. The number of hydrogen-bond donors (Lipinski definition) is 2. The minimum absolute atomic E-state index is 0.0326. The van der Waals surface area contributed by atoms with Crippen LogP contribution in [0.1, 0.15) is 18.4 Å². The van der Waals surface area contributed by atoms with Crippen molar-refractivity contribution in [2.45, 2.75) is 19.4 Å². The van der Waals surface area contributed by atoms with E-state index in [1.165, 1.54) is 0 Å². The van der Waals surface area contributed by atoms with Gasteiger partial charge in [0, 0.05) is 18.5 Å².